The Morgan fingerprint density at radius 2 is 1.90 bits per heavy atom. The van der Waals surface area contributed by atoms with E-state index in [-0.39, 0.29) is 29.5 Å². The minimum Gasteiger partial charge on any atom is -0.485 e. The fourth-order valence-electron chi connectivity index (χ4n) is 4.56. The molecule has 4 aliphatic rings. The largest absolute Gasteiger partial charge is 0.485 e. The number of nitrogens with one attached hydrogen (secondary N) is 2. The summed E-state index contributed by atoms with van der Waals surface area (Å²) in [5, 5.41) is 8.64. The molecule has 0 radical (unpaired) electrons. The highest BCUT2D eigenvalue weighted by Crippen LogP contribution is 2.60. The molecule has 2 N–H and O–H groups in total. The molecule has 0 unspecified atom stereocenters. The predicted molar refractivity (Wildman–Crippen MR) is 112 cm³/mol. The molecule has 1 aromatic carbocycles. The van der Waals surface area contributed by atoms with Crippen LogP contribution in [0.1, 0.15) is 34.5 Å². The van der Waals surface area contributed by atoms with Crippen LogP contribution in [0.25, 0.3) is 0 Å². The lowest BCUT2D eigenvalue weighted by Crippen LogP contribution is -2.84. The first-order valence-electron chi connectivity index (χ1n) is 9.77. The second-order valence-corrected chi connectivity index (χ2v) is 9.53. The van der Waals surface area contributed by atoms with E-state index in [1.165, 1.54) is 11.3 Å². The van der Waals surface area contributed by atoms with Crippen molar-refractivity contribution in [2.75, 3.05) is 19.8 Å². The van der Waals surface area contributed by atoms with Crippen LogP contribution < -0.4 is 24.8 Å². The van der Waals surface area contributed by atoms with Crippen molar-refractivity contribution in [3.8, 4) is 17.2 Å². The van der Waals surface area contributed by atoms with Gasteiger partial charge in [-0.15, -0.1) is 11.3 Å². The van der Waals surface area contributed by atoms with Gasteiger partial charge in [0, 0.05) is 21.5 Å². The zero-order valence-electron chi connectivity index (χ0n) is 16.4. The number of rotatable bonds is 6. The van der Waals surface area contributed by atoms with E-state index in [9.17, 15) is 9.59 Å². The molecular weight excluding hydrogens is 428 g/mol. The van der Waals surface area contributed by atoms with Crippen LogP contribution in [0.15, 0.2) is 23.6 Å². The fraction of sp³-hybridized carbons (Fsp3) is 0.429. The number of halogens is 1. The predicted octanol–water partition coefficient (Wildman–Crippen LogP) is 3.08. The lowest BCUT2D eigenvalue weighted by atomic mass is 9.44. The van der Waals surface area contributed by atoms with Crippen LogP contribution in [0, 0.1) is 6.92 Å². The van der Waals surface area contributed by atoms with Crippen LogP contribution in [0.5, 0.6) is 17.2 Å². The van der Waals surface area contributed by atoms with Gasteiger partial charge in [-0.25, -0.2) is 0 Å². The van der Waals surface area contributed by atoms with Crippen LogP contribution in [0.3, 0.4) is 0 Å². The smallest absolute Gasteiger partial charge is 0.265 e. The number of hydrogen-bond acceptors (Lipinski definition) is 6. The molecule has 2 aromatic rings. The summed E-state index contributed by atoms with van der Waals surface area (Å²) < 4.78 is 16.7. The summed E-state index contributed by atoms with van der Waals surface area (Å²) >= 11 is 7.33. The second-order valence-electron chi connectivity index (χ2n) is 8.25. The molecule has 2 heterocycles. The molecule has 6 rings (SSSR count). The average Bonchev–Trinajstić information content (AvgIpc) is 3.10. The summed E-state index contributed by atoms with van der Waals surface area (Å²) in [5.74, 6) is 1.47. The average molecular weight is 449 g/mol. The molecule has 158 valence electrons. The van der Waals surface area contributed by atoms with Crippen molar-refractivity contribution in [3.63, 3.8) is 0 Å². The first-order valence-corrected chi connectivity index (χ1v) is 11.0. The highest BCUT2D eigenvalue weighted by Gasteiger charge is 2.69. The Morgan fingerprint density at radius 3 is 2.67 bits per heavy atom. The van der Waals surface area contributed by atoms with E-state index in [0.717, 1.165) is 24.8 Å². The van der Waals surface area contributed by atoms with E-state index < -0.39 is 0 Å². The van der Waals surface area contributed by atoms with Crippen molar-refractivity contribution in [2.24, 2.45) is 0 Å². The van der Waals surface area contributed by atoms with Crippen LogP contribution in [0.2, 0.25) is 5.02 Å². The van der Waals surface area contributed by atoms with Gasteiger partial charge >= 0.3 is 0 Å². The minimum atomic E-state index is -0.245. The zero-order chi connectivity index (χ0) is 20.9. The Kier molecular flexibility index (Phi) is 4.59. The van der Waals surface area contributed by atoms with Gasteiger partial charge in [0.1, 0.15) is 23.8 Å². The number of fused-ring (bicyclic) bond motifs is 1. The summed E-state index contributed by atoms with van der Waals surface area (Å²) in [6, 6.07) is 5.30. The van der Waals surface area contributed by atoms with E-state index in [0.29, 0.717) is 40.4 Å². The maximum atomic E-state index is 12.7. The molecule has 2 bridgehead atoms. The molecule has 3 aliphatic carbocycles. The lowest BCUT2D eigenvalue weighted by molar-refractivity contribution is -0.141. The van der Waals surface area contributed by atoms with Crippen molar-refractivity contribution >= 4 is 34.8 Å². The molecule has 3 fully saturated rings. The Hall–Kier alpha value is -2.45. The summed E-state index contributed by atoms with van der Waals surface area (Å²) in [6.45, 7) is 2.77. The van der Waals surface area contributed by atoms with Crippen molar-refractivity contribution in [1.29, 1.82) is 0 Å². The van der Waals surface area contributed by atoms with E-state index >= 15 is 0 Å². The molecule has 0 spiro atoms. The monoisotopic (exact) mass is 448 g/mol. The highest BCUT2D eigenvalue weighted by atomic mass is 35.5. The third kappa shape index (κ3) is 3.37. The summed E-state index contributed by atoms with van der Waals surface area (Å²) in [7, 11) is 0. The Morgan fingerprint density at radius 1 is 1.17 bits per heavy atom. The molecule has 2 amide bonds. The number of carbonyl (C=O) groups excluding carboxylic acids is 2. The van der Waals surface area contributed by atoms with Gasteiger partial charge in [0.25, 0.3) is 11.8 Å². The normalized spacial score (nSPS) is 25.5. The quantitative estimate of drug-likeness (QED) is 0.709. The number of hydrogen-bond donors (Lipinski definition) is 2. The number of thiophene rings is 1. The van der Waals surface area contributed by atoms with Gasteiger partial charge in [-0.05, 0) is 49.9 Å². The number of benzene rings is 1. The van der Waals surface area contributed by atoms with E-state index in [4.69, 9.17) is 25.8 Å². The summed E-state index contributed by atoms with van der Waals surface area (Å²) in [6.07, 6.45) is 2.17. The summed E-state index contributed by atoms with van der Waals surface area (Å²) in [5.41, 5.74) is 0.416. The third-order valence-electron chi connectivity index (χ3n) is 5.82. The van der Waals surface area contributed by atoms with Gasteiger partial charge in [-0.1, -0.05) is 11.6 Å². The van der Waals surface area contributed by atoms with E-state index in [1.807, 2.05) is 6.92 Å². The van der Waals surface area contributed by atoms with Gasteiger partial charge in [-0.2, -0.15) is 0 Å². The van der Waals surface area contributed by atoms with Crippen molar-refractivity contribution < 1.29 is 23.8 Å². The molecule has 0 saturated heterocycles. The van der Waals surface area contributed by atoms with Crippen LogP contribution in [-0.2, 0) is 4.79 Å². The van der Waals surface area contributed by atoms with Crippen LogP contribution in [-0.4, -0.2) is 42.7 Å². The van der Waals surface area contributed by atoms with Crippen molar-refractivity contribution in [3.05, 3.63) is 39.0 Å². The lowest BCUT2D eigenvalue weighted by Gasteiger charge is -2.70. The van der Waals surface area contributed by atoms with Gasteiger partial charge in [0.2, 0.25) is 0 Å². The summed E-state index contributed by atoms with van der Waals surface area (Å²) in [4.78, 5) is 25.5. The molecule has 1 aromatic heterocycles. The second kappa shape index (κ2) is 7.06. The maximum Gasteiger partial charge on any atom is 0.265 e. The van der Waals surface area contributed by atoms with Crippen molar-refractivity contribution in [1.82, 2.24) is 10.6 Å². The highest BCUT2D eigenvalue weighted by molar-refractivity contribution is 7.12. The Labute approximate surface area is 182 Å². The molecule has 30 heavy (non-hydrogen) atoms. The number of amides is 2. The third-order valence-corrected chi connectivity index (χ3v) is 7.18. The SMILES string of the molecule is Cc1cc(OCC(=O)NC23CC(NC(=O)c4scc5c4OCCO5)(C2)C3)ccc1Cl. The van der Waals surface area contributed by atoms with E-state index in [1.54, 1.807) is 23.6 Å². The minimum absolute atomic E-state index is 0.0547. The van der Waals surface area contributed by atoms with Gasteiger partial charge in [-0.3, -0.25) is 9.59 Å². The molecule has 0 atom stereocenters. The molecular formula is C21H21ClN2O5S. The standard InChI is InChI=1S/C21H21ClN2O5S/c1-12-6-13(2-3-14(12)22)29-7-16(25)23-20-9-21(10-20,11-20)24-19(26)18-17-15(8-30-18)27-4-5-28-17/h2-3,6,8H,4-5,7,9-11H2,1H3,(H,23,25)(H,24,26). The number of carbonyl (C=O) groups is 2. The first kappa shape index (κ1) is 19.5. The Balaban J connectivity index is 1.11. The van der Waals surface area contributed by atoms with E-state index in [2.05, 4.69) is 10.6 Å². The van der Waals surface area contributed by atoms with Crippen molar-refractivity contribution in [2.45, 2.75) is 37.3 Å². The van der Waals surface area contributed by atoms with Gasteiger partial charge < -0.3 is 24.8 Å². The van der Waals surface area contributed by atoms with Crippen LogP contribution >= 0.6 is 22.9 Å². The number of ether oxygens (including phenoxy) is 3. The van der Waals surface area contributed by atoms with Crippen LogP contribution in [0.4, 0.5) is 0 Å². The van der Waals surface area contributed by atoms with Gasteiger partial charge in [0.05, 0.1) is 0 Å². The Bertz CT molecular complexity index is 1020. The molecule has 9 heteroatoms. The topological polar surface area (TPSA) is 85.9 Å². The van der Waals surface area contributed by atoms with Gasteiger partial charge in [0.15, 0.2) is 18.1 Å². The zero-order valence-corrected chi connectivity index (χ0v) is 18.0. The maximum absolute atomic E-state index is 12.7. The first-order chi connectivity index (χ1) is 14.4. The molecule has 1 aliphatic heterocycles. The fourth-order valence-corrected chi connectivity index (χ4v) is 5.50. The number of aryl methyl sites for hydroxylation is 1. The molecule has 3 saturated carbocycles. The molecule has 7 nitrogen and oxygen atoms in total.